The largest absolute Gasteiger partial charge is 0.505 e. The van der Waals surface area contributed by atoms with Crippen LogP contribution in [0.2, 0.25) is 5.15 Å². The van der Waals surface area contributed by atoms with Crippen molar-refractivity contribution in [3.05, 3.63) is 28.5 Å². The van der Waals surface area contributed by atoms with Crippen LogP contribution in [0.4, 0.5) is 4.79 Å². The van der Waals surface area contributed by atoms with Crippen LogP contribution in [0.5, 0.6) is 5.75 Å². The van der Waals surface area contributed by atoms with Crippen LogP contribution < -0.4 is 5.32 Å². The summed E-state index contributed by atoms with van der Waals surface area (Å²) in [6.07, 6.45) is 1.16. The van der Waals surface area contributed by atoms with Gasteiger partial charge in [-0.3, -0.25) is 0 Å². The van der Waals surface area contributed by atoms with Crippen LogP contribution in [-0.2, 0) is 14.0 Å². The molecule has 7 nitrogen and oxygen atoms in total. The summed E-state index contributed by atoms with van der Waals surface area (Å²) in [6, 6.07) is 3.06. The number of aromatic nitrogens is 1. The number of hydrogen-bond acceptors (Lipinski definition) is 6. The standard InChI is InChI=1S/C19H28BClN2O5/c1-17(2,3)26-16(25)22-11-12(10-13-8-9-14(24)15(21)23-13)20-27-18(4,5)19(6,7)28-20/h8-10,24H,11H2,1-7H3,(H,22,25). The summed E-state index contributed by atoms with van der Waals surface area (Å²) in [5, 5.41) is 12.3. The molecule has 0 bridgehead atoms. The van der Waals surface area contributed by atoms with Gasteiger partial charge in [0.1, 0.15) is 5.60 Å². The van der Waals surface area contributed by atoms with Crippen LogP contribution in [0.1, 0.15) is 54.2 Å². The number of pyridine rings is 1. The number of nitrogens with one attached hydrogen (secondary N) is 1. The van der Waals surface area contributed by atoms with Gasteiger partial charge in [-0.2, -0.15) is 0 Å². The van der Waals surface area contributed by atoms with E-state index in [9.17, 15) is 9.90 Å². The predicted molar refractivity (Wildman–Crippen MR) is 109 cm³/mol. The predicted octanol–water partition coefficient (Wildman–Crippen LogP) is 3.98. The van der Waals surface area contributed by atoms with Gasteiger partial charge >= 0.3 is 13.2 Å². The second-order valence-corrected chi connectivity index (χ2v) is 9.07. The minimum absolute atomic E-state index is 0.0119. The van der Waals surface area contributed by atoms with Crippen molar-refractivity contribution in [3.8, 4) is 5.75 Å². The topological polar surface area (TPSA) is 89.9 Å². The Balaban J connectivity index is 2.27. The number of ether oxygens (including phenoxy) is 1. The maximum Gasteiger partial charge on any atom is 0.492 e. The van der Waals surface area contributed by atoms with Crippen molar-refractivity contribution in [2.45, 2.75) is 65.3 Å². The normalized spacial score (nSPS) is 18.9. The number of hydrogen-bond donors (Lipinski definition) is 2. The van der Waals surface area contributed by atoms with Crippen LogP contribution >= 0.6 is 11.6 Å². The highest BCUT2D eigenvalue weighted by atomic mass is 35.5. The van der Waals surface area contributed by atoms with E-state index < -0.39 is 30.0 Å². The van der Waals surface area contributed by atoms with E-state index >= 15 is 0 Å². The molecule has 1 aromatic heterocycles. The molecule has 9 heteroatoms. The van der Waals surface area contributed by atoms with Crippen molar-refractivity contribution in [1.29, 1.82) is 0 Å². The summed E-state index contributed by atoms with van der Waals surface area (Å²) in [6.45, 7) is 13.3. The van der Waals surface area contributed by atoms with Gasteiger partial charge in [0.25, 0.3) is 0 Å². The highest BCUT2D eigenvalue weighted by Crippen LogP contribution is 2.38. The molecule has 1 fully saturated rings. The third-order valence-corrected chi connectivity index (χ3v) is 4.85. The Morgan fingerprint density at radius 1 is 1.29 bits per heavy atom. The fourth-order valence-electron chi connectivity index (χ4n) is 2.40. The molecule has 0 spiro atoms. The second kappa shape index (κ2) is 7.93. The molecule has 154 valence electrons. The Bertz CT molecular complexity index is 758. The van der Waals surface area contributed by atoms with Crippen molar-refractivity contribution in [2.75, 3.05) is 6.54 Å². The van der Waals surface area contributed by atoms with E-state index in [0.717, 1.165) is 0 Å². The zero-order valence-electron chi connectivity index (χ0n) is 17.4. The molecule has 1 aromatic rings. The first-order valence-corrected chi connectivity index (χ1v) is 9.46. The monoisotopic (exact) mass is 410 g/mol. The van der Waals surface area contributed by atoms with E-state index in [0.29, 0.717) is 11.2 Å². The smallest absolute Gasteiger partial charge is 0.492 e. The van der Waals surface area contributed by atoms with Gasteiger partial charge in [0.15, 0.2) is 10.9 Å². The summed E-state index contributed by atoms with van der Waals surface area (Å²) in [5.41, 5.74) is -0.548. The van der Waals surface area contributed by atoms with E-state index in [4.69, 9.17) is 25.6 Å². The number of aromatic hydroxyl groups is 1. The van der Waals surface area contributed by atoms with Gasteiger partial charge < -0.3 is 24.5 Å². The molecule has 0 aromatic carbocycles. The second-order valence-electron chi connectivity index (χ2n) is 8.71. The summed E-state index contributed by atoms with van der Waals surface area (Å²) >= 11 is 5.91. The Hall–Kier alpha value is -1.77. The number of halogens is 1. The summed E-state index contributed by atoms with van der Waals surface area (Å²) in [5.74, 6) is -0.108. The van der Waals surface area contributed by atoms with E-state index in [1.165, 1.54) is 6.07 Å². The van der Waals surface area contributed by atoms with Crippen LogP contribution in [0, 0.1) is 0 Å². The minimum Gasteiger partial charge on any atom is -0.505 e. The zero-order chi connectivity index (χ0) is 21.3. The first-order chi connectivity index (χ1) is 12.7. The fraction of sp³-hybridized carbons (Fsp3) is 0.579. The lowest BCUT2D eigenvalue weighted by atomic mass is 9.77. The number of carbonyl (C=O) groups is 1. The number of rotatable bonds is 4. The van der Waals surface area contributed by atoms with Crippen LogP contribution in [-0.4, -0.2) is 46.7 Å². The Kier molecular flexibility index (Phi) is 6.38. The highest BCUT2D eigenvalue weighted by molar-refractivity contribution is 6.56. The molecule has 0 unspecified atom stereocenters. The summed E-state index contributed by atoms with van der Waals surface area (Å²) in [4.78, 5) is 16.2. The lowest BCUT2D eigenvalue weighted by Gasteiger charge is -2.32. The number of amides is 1. The highest BCUT2D eigenvalue weighted by Gasteiger charge is 2.52. The Morgan fingerprint density at radius 3 is 2.36 bits per heavy atom. The number of alkyl carbamates (subject to hydrolysis) is 1. The van der Waals surface area contributed by atoms with Crippen molar-refractivity contribution in [3.63, 3.8) is 0 Å². The van der Waals surface area contributed by atoms with Crippen LogP contribution in [0.15, 0.2) is 17.6 Å². The third kappa shape index (κ3) is 5.62. The first kappa shape index (κ1) is 22.5. The van der Waals surface area contributed by atoms with Gasteiger partial charge in [-0.15, -0.1) is 0 Å². The van der Waals surface area contributed by atoms with Crippen molar-refractivity contribution in [2.24, 2.45) is 0 Å². The molecule has 0 saturated carbocycles. The van der Waals surface area contributed by atoms with Gasteiger partial charge in [-0.25, -0.2) is 9.78 Å². The van der Waals surface area contributed by atoms with E-state index in [1.54, 1.807) is 32.9 Å². The maximum absolute atomic E-state index is 12.1. The molecular formula is C19H28BClN2O5. The van der Waals surface area contributed by atoms with Gasteiger partial charge in [-0.05, 0) is 72.1 Å². The lowest BCUT2D eigenvalue weighted by Crippen LogP contribution is -2.41. The molecule has 2 heterocycles. The molecule has 0 aliphatic carbocycles. The van der Waals surface area contributed by atoms with Crippen molar-refractivity contribution in [1.82, 2.24) is 10.3 Å². The Morgan fingerprint density at radius 2 is 1.86 bits per heavy atom. The molecule has 1 saturated heterocycles. The first-order valence-electron chi connectivity index (χ1n) is 9.09. The average molecular weight is 411 g/mol. The van der Waals surface area contributed by atoms with Crippen LogP contribution in [0.25, 0.3) is 6.08 Å². The number of nitrogens with zero attached hydrogens (tertiary/aromatic N) is 1. The van der Waals surface area contributed by atoms with E-state index in [1.807, 2.05) is 27.7 Å². The Labute approximate surface area is 171 Å². The third-order valence-electron chi connectivity index (χ3n) is 4.58. The van der Waals surface area contributed by atoms with E-state index in [2.05, 4.69) is 10.3 Å². The average Bonchev–Trinajstić information content (AvgIpc) is 2.73. The summed E-state index contributed by atoms with van der Waals surface area (Å²) in [7, 11) is -0.686. The lowest BCUT2D eigenvalue weighted by molar-refractivity contribution is 0.00578. The molecule has 1 amide bonds. The van der Waals surface area contributed by atoms with Gasteiger partial charge in [0.05, 0.1) is 16.9 Å². The molecule has 2 N–H and O–H groups in total. The van der Waals surface area contributed by atoms with Crippen molar-refractivity contribution < 1.29 is 23.9 Å². The molecule has 0 atom stereocenters. The van der Waals surface area contributed by atoms with Gasteiger partial charge in [-0.1, -0.05) is 11.6 Å². The quantitative estimate of drug-likeness (QED) is 0.576. The van der Waals surface area contributed by atoms with Gasteiger partial charge in [0.2, 0.25) is 0 Å². The number of carbonyl (C=O) groups excluding carboxylic acids is 1. The minimum atomic E-state index is -0.686. The fourth-order valence-corrected chi connectivity index (χ4v) is 2.56. The molecule has 28 heavy (non-hydrogen) atoms. The van der Waals surface area contributed by atoms with E-state index in [-0.39, 0.29) is 17.4 Å². The SMILES string of the molecule is CC(C)(C)OC(=O)NCC(=Cc1ccc(O)c(Cl)n1)B1OC(C)(C)C(C)(C)O1. The van der Waals surface area contributed by atoms with Gasteiger partial charge in [0, 0.05) is 6.54 Å². The maximum atomic E-state index is 12.1. The molecule has 0 radical (unpaired) electrons. The molecule has 2 rings (SSSR count). The zero-order valence-corrected chi connectivity index (χ0v) is 18.2. The molecule has 1 aliphatic rings. The molecule has 1 aliphatic heterocycles. The summed E-state index contributed by atoms with van der Waals surface area (Å²) < 4.78 is 17.5. The van der Waals surface area contributed by atoms with Crippen molar-refractivity contribution >= 4 is 30.9 Å². The molecular weight excluding hydrogens is 382 g/mol. The van der Waals surface area contributed by atoms with Crippen LogP contribution in [0.3, 0.4) is 0 Å².